The fourth-order valence-electron chi connectivity index (χ4n) is 6.01. The minimum Gasteiger partial charge on any atom is -0.341 e. The van der Waals surface area contributed by atoms with Gasteiger partial charge >= 0.3 is 0 Å². The second-order valence-electron chi connectivity index (χ2n) is 10.7. The number of amides is 1. The van der Waals surface area contributed by atoms with Gasteiger partial charge in [-0.15, -0.1) is 0 Å². The van der Waals surface area contributed by atoms with Crippen LogP contribution in [-0.2, 0) is 4.79 Å². The molecule has 5 N–H and O–H groups in total. The summed E-state index contributed by atoms with van der Waals surface area (Å²) in [7, 11) is 0. The smallest absolute Gasteiger partial charge is 0.227 e. The summed E-state index contributed by atoms with van der Waals surface area (Å²) in [5.74, 6) is 1.12. The number of carbonyl (C=O) groups excluding carboxylic acids is 1. The molecule has 3 aliphatic rings. The lowest BCUT2D eigenvalue weighted by molar-refractivity contribution is -0.122. The topological polar surface area (TPSA) is 107 Å². The number of hydrogen-bond donors (Lipinski definition) is 5. The van der Waals surface area contributed by atoms with Crippen molar-refractivity contribution in [3.05, 3.63) is 78.1 Å². The number of para-hydroxylation sites is 1. The van der Waals surface area contributed by atoms with Crippen LogP contribution in [0.2, 0.25) is 0 Å². The average Bonchev–Trinajstić information content (AvgIpc) is 3.51. The van der Waals surface area contributed by atoms with E-state index in [1.165, 1.54) is 6.07 Å². The minimum absolute atomic E-state index is 0.00757. The largest absolute Gasteiger partial charge is 0.341 e. The first-order valence-corrected chi connectivity index (χ1v) is 13.4. The molecule has 194 valence electrons. The van der Waals surface area contributed by atoms with Crippen LogP contribution in [0.25, 0.3) is 22.2 Å². The molecule has 1 amide bonds. The summed E-state index contributed by atoms with van der Waals surface area (Å²) >= 11 is 0. The molecule has 0 bridgehead atoms. The van der Waals surface area contributed by atoms with E-state index in [0.29, 0.717) is 0 Å². The molecule has 4 heterocycles. The molecule has 2 aliphatic heterocycles. The van der Waals surface area contributed by atoms with Crippen molar-refractivity contribution in [3.63, 3.8) is 0 Å². The first kappa shape index (κ1) is 23.5. The molecule has 2 aromatic carbocycles. The number of rotatable bonds is 5. The first-order valence-electron chi connectivity index (χ1n) is 13.4. The van der Waals surface area contributed by atoms with Crippen molar-refractivity contribution >= 4 is 22.6 Å². The van der Waals surface area contributed by atoms with Crippen LogP contribution in [0.5, 0.6) is 0 Å². The van der Waals surface area contributed by atoms with E-state index in [4.69, 9.17) is 4.98 Å². The van der Waals surface area contributed by atoms with Crippen molar-refractivity contribution in [2.75, 3.05) is 11.9 Å². The van der Waals surface area contributed by atoms with E-state index in [1.54, 1.807) is 18.3 Å². The van der Waals surface area contributed by atoms with Gasteiger partial charge in [-0.1, -0.05) is 30.7 Å². The van der Waals surface area contributed by atoms with Crippen LogP contribution in [0.3, 0.4) is 0 Å². The molecule has 0 radical (unpaired) electrons. The maximum atomic E-state index is 13.9. The van der Waals surface area contributed by atoms with Crippen molar-refractivity contribution < 1.29 is 9.18 Å². The fourth-order valence-corrected chi connectivity index (χ4v) is 6.01. The lowest BCUT2D eigenvalue weighted by atomic mass is 9.82. The molecule has 0 spiro atoms. The number of imidazole rings is 1. The quantitative estimate of drug-likeness (QED) is 0.272. The van der Waals surface area contributed by atoms with Gasteiger partial charge in [0.05, 0.1) is 29.0 Å². The molecule has 2 saturated heterocycles. The number of fused-ring (bicyclic) bond motifs is 2. The Kier molecular flexibility index (Phi) is 5.91. The monoisotopic (exact) mass is 511 g/mol. The Morgan fingerprint density at radius 1 is 1.05 bits per heavy atom. The predicted octanol–water partition coefficient (Wildman–Crippen LogP) is 4.37. The average molecular weight is 512 g/mol. The summed E-state index contributed by atoms with van der Waals surface area (Å²) < 4.78 is 13.9. The highest BCUT2D eigenvalue weighted by Gasteiger charge is 2.42. The third-order valence-corrected chi connectivity index (χ3v) is 8.33. The number of H-pyrrole nitrogens is 1. The Labute approximate surface area is 219 Å². The molecular weight excluding hydrogens is 481 g/mol. The molecule has 1 saturated carbocycles. The van der Waals surface area contributed by atoms with Gasteiger partial charge in [0, 0.05) is 42.2 Å². The Bertz CT molecular complexity index is 1500. The number of pyridine rings is 1. The molecule has 8 nitrogen and oxygen atoms in total. The number of hydrogen-bond acceptors (Lipinski definition) is 6. The standard InChI is InChI=1S/C29H30FN7O/c30-19-7-2-6-17(10-19)21-8-3-9-23-26(21)35-28(34-23)27-22-12-24(32-15-25(22)36-37-27)18-11-20(14-31-13-18)33-29(38)16-4-1-5-16/h2-3,6-11,13-14,16,22,24-25,27,32,36-37H,1,4-5,12,15H2,(H,33,38)(H,34,35). The molecular formula is C29H30FN7O. The lowest BCUT2D eigenvalue weighted by Gasteiger charge is -2.34. The third-order valence-electron chi connectivity index (χ3n) is 8.33. The van der Waals surface area contributed by atoms with E-state index in [9.17, 15) is 9.18 Å². The number of nitrogens with one attached hydrogen (secondary N) is 5. The van der Waals surface area contributed by atoms with Gasteiger partial charge in [0.2, 0.25) is 5.91 Å². The number of benzene rings is 2. The van der Waals surface area contributed by atoms with E-state index in [-0.39, 0.29) is 41.7 Å². The summed E-state index contributed by atoms with van der Waals surface area (Å²) in [6, 6.07) is 15.0. The first-order chi connectivity index (χ1) is 18.6. The second-order valence-corrected chi connectivity index (χ2v) is 10.7. The Morgan fingerprint density at radius 2 is 1.95 bits per heavy atom. The van der Waals surface area contributed by atoms with Crippen molar-refractivity contribution in [1.82, 2.24) is 31.1 Å². The number of aromatic amines is 1. The Balaban J connectivity index is 1.13. The zero-order valence-electron chi connectivity index (χ0n) is 20.9. The minimum atomic E-state index is -0.262. The molecule has 7 rings (SSSR count). The molecule has 4 atom stereocenters. The number of nitrogens with zero attached hydrogens (tertiary/aromatic N) is 2. The molecule has 4 aromatic rings. The van der Waals surface area contributed by atoms with Gasteiger partial charge in [-0.2, -0.15) is 0 Å². The van der Waals surface area contributed by atoms with Gasteiger partial charge < -0.3 is 15.6 Å². The highest BCUT2D eigenvalue weighted by molar-refractivity contribution is 5.93. The number of piperidine rings is 1. The number of anilines is 1. The summed E-state index contributed by atoms with van der Waals surface area (Å²) in [6.45, 7) is 0.798. The van der Waals surface area contributed by atoms with Crippen molar-refractivity contribution in [1.29, 1.82) is 0 Å². The van der Waals surface area contributed by atoms with E-state index < -0.39 is 0 Å². The normalized spacial score (nSPS) is 25.2. The fraction of sp³-hybridized carbons (Fsp3) is 0.345. The number of hydrazine groups is 1. The highest BCUT2D eigenvalue weighted by atomic mass is 19.1. The second kappa shape index (κ2) is 9.58. The van der Waals surface area contributed by atoms with Gasteiger partial charge in [0.15, 0.2) is 0 Å². The summed E-state index contributed by atoms with van der Waals surface area (Å²) in [5.41, 5.74) is 12.2. The van der Waals surface area contributed by atoms with Gasteiger partial charge in [0.1, 0.15) is 11.6 Å². The molecule has 3 fully saturated rings. The van der Waals surface area contributed by atoms with Crippen molar-refractivity contribution in [2.24, 2.45) is 11.8 Å². The van der Waals surface area contributed by atoms with E-state index in [2.05, 4.69) is 31.5 Å². The summed E-state index contributed by atoms with van der Waals surface area (Å²) in [5, 5.41) is 6.69. The maximum absolute atomic E-state index is 13.9. The third kappa shape index (κ3) is 4.26. The van der Waals surface area contributed by atoms with Crippen LogP contribution in [-0.4, -0.2) is 33.4 Å². The highest BCUT2D eigenvalue weighted by Crippen LogP contribution is 2.39. The van der Waals surface area contributed by atoms with Crippen LogP contribution in [0.1, 0.15) is 49.2 Å². The SMILES string of the molecule is O=C(Nc1cncc(C2CC3C(CN2)NNC3c2nc3c(-c4cccc(F)c4)cccc3[nH]2)c1)C1CCC1. The van der Waals surface area contributed by atoms with E-state index in [1.807, 2.05) is 36.5 Å². The van der Waals surface area contributed by atoms with E-state index in [0.717, 1.165) is 71.5 Å². The summed E-state index contributed by atoms with van der Waals surface area (Å²) in [6.07, 6.45) is 7.56. The van der Waals surface area contributed by atoms with Gasteiger partial charge in [-0.05, 0) is 54.7 Å². The number of halogens is 1. The maximum Gasteiger partial charge on any atom is 0.227 e. The zero-order valence-corrected chi connectivity index (χ0v) is 20.9. The molecule has 38 heavy (non-hydrogen) atoms. The van der Waals surface area contributed by atoms with Gasteiger partial charge in [0.25, 0.3) is 0 Å². The molecule has 4 unspecified atom stereocenters. The van der Waals surface area contributed by atoms with Crippen LogP contribution < -0.4 is 21.5 Å². The number of aromatic nitrogens is 3. The predicted molar refractivity (Wildman–Crippen MR) is 143 cm³/mol. The van der Waals surface area contributed by atoms with Crippen molar-refractivity contribution in [2.45, 2.75) is 43.8 Å². The van der Waals surface area contributed by atoms with Crippen molar-refractivity contribution in [3.8, 4) is 11.1 Å². The molecule has 9 heteroatoms. The van der Waals surface area contributed by atoms with Crippen LogP contribution in [0.4, 0.5) is 10.1 Å². The Morgan fingerprint density at radius 3 is 2.79 bits per heavy atom. The summed E-state index contributed by atoms with van der Waals surface area (Å²) in [4.78, 5) is 25.4. The Hall–Kier alpha value is -3.66. The zero-order chi connectivity index (χ0) is 25.6. The molecule has 2 aromatic heterocycles. The van der Waals surface area contributed by atoms with Crippen LogP contribution >= 0.6 is 0 Å². The lowest BCUT2D eigenvalue weighted by Crippen LogP contribution is -2.46. The van der Waals surface area contributed by atoms with Crippen LogP contribution in [0.15, 0.2) is 60.9 Å². The van der Waals surface area contributed by atoms with Gasteiger partial charge in [-0.25, -0.2) is 14.8 Å². The van der Waals surface area contributed by atoms with Crippen LogP contribution in [0, 0.1) is 17.7 Å². The number of carbonyl (C=O) groups is 1. The molecule has 1 aliphatic carbocycles. The van der Waals surface area contributed by atoms with E-state index >= 15 is 0 Å². The van der Waals surface area contributed by atoms with Gasteiger partial charge in [-0.3, -0.25) is 15.2 Å².